The normalized spacial score (nSPS) is 18.6. The van der Waals surface area contributed by atoms with Crippen LogP contribution in [0, 0.1) is 11.3 Å². The lowest BCUT2D eigenvalue weighted by Crippen LogP contribution is -2.43. The Balaban J connectivity index is 1.93. The van der Waals surface area contributed by atoms with Crippen molar-refractivity contribution in [3.63, 3.8) is 0 Å². The lowest BCUT2D eigenvalue weighted by Gasteiger charge is -2.26. The van der Waals surface area contributed by atoms with E-state index in [4.69, 9.17) is 10.00 Å². The van der Waals surface area contributed by atoms with Gasteiger partial charge in [0.2, 0.25) is 0 Å². The molecule has 1 aliphatic rings. The molecule has 0 aromatic heterocycles. The molecule has 1 aliphatic heterocycles. The van der Waals surface area contributed by atoms with Crippen molar-refractivity contribution in [1.29, 1.82) is 5.26 Å². The fourth-order valence-electron chi connectivity index (χ4n) is 2.63. The number of amides is 1. The molecule has 0 radical (unpaired) electrons. The van der Waals surface area contributed by atoms with Gasteiger partial charge in [0.05, 0.1) is 28.7 Å². The summed E-state index contributed by atoms with van der Waals surface area (Å²) in [6.45, 7) is 1.67. The van der Waals surface area contributed by atoms with E-state index in [2.05, 4.69) is 0 Å². The number of carbonyl (C=O) groups is 2. The van der Waals surface area contributed by atoms with E-state index in [0.29, 0.717) is 18.5 Å². The molecule has 1 unspecified atom stereocenters. The van der Waals surface area contributed by atoms with Gasteiger partial charge in [-0.2, -0.15) is 5.26 Å². The third kappa shape index (κ3) is 4.32. The number of ether oxygens (including phenoxy) is 1. The van der Waals surface area contributed by atoms with Crippen molar-refractivity contribution in [3.05, 3.63) is 35.4 Å². The molecule has 1 heterocycles. The Morgan fingerprint density at radius 1 is 1.33 bits per heavy atom. The summed E-state index contributed by atoms with van der Waals surface area (Å²) in [5.74, 6) is -1.05. The number of nitrogens with zero attached hydrogens (tertiary/aromatic N) is 2. The van der Waals surface area contributed by atoms with E-state index in [-0.39, 0.29) is 23.1 Å². The third-order valence-electron chi connectivity index (χ3n) is 3.89. The molecule has 1 atom stereocenters. The summed E-state index contributed by atoms with van der Waals surface area (Å²) in [7, 11) is -3.09. The van der Waals surface area contributed by atoms with Crippen LogP contribution in [0.3, 0.4) is 0 Å². The van der Waals surface area contributed by atoms with E-state index in [0.717, 1.165) is 0 Å². The van der Waals surface area contributed by atoms with Crippen molar-refractivity contribution in [2.75, 3.05) is 24.7 Å². The maximum absolute atomic E-state index is 12.2. The molecule has 1 amide bonds. The number of rotatable bonds is 5. The molecule has 2 rings (SSSR count). The van der Waals surface area contributed by atoms with Crippen LogP contribution in [0.2, 0.25) is 0 Å². The molecule has 24 heavy (non-hydrogen) atoms. The van der Waals surface area contributed by atoms with Crippen molar-refractivity contribution in [3.8, 4) is 6.07 Å². The fourth-order valence-corrected chi connectivity index (χ4v) is 4.36. The summed E-state index contributed by atoms with van der Waals surface area (Å²) in [6.07, 6.45) is 0.408. The van der Waals surface area contributed by atoms with Gasteiger partial charge >= 0.3 is 5.97 Å². The second-order valence-corrected chi connectivity index (χ2v) is 7.73. The molecule has 0 N–H and O–H groups in total. The number of esters is 1. The highest BCUT2D eigenvalue weighted by Crippen LogP contribution is 2.18. The molecule has 0 bridgehead atoms. The highest BCUT2D eigenvalue weighted by atomic mass is 32.2. The first-order chi connectivity index (χ1) is 11.4. The first-order valence-electron chi connectivity index (χ1n) is 7.53. The molecule has 0 saturated carbocycles. The monoisotopic (exact) mass is 350 g/mol. The number of benzene rings is 1. The summed E-state index contributed by atoms with van der Waals surface area (Å²) in [4.78, 5) is 25.6. The average molecular weight is 350 g/mol. The molecule has 1 aromatic rings. The van der Waals surface area contributed by atoms with E-state index in [1.165, 1.54) is 29.2 Å². The van der Waals surface area contributed by atoms with Gasteiger partial charge in [0, 0.05) is 12.6 Å². The largest absolute Gasteiger partial charge is 0.452 e. The molecule has 8 heteroatoms. The summed E-state index contributed by atoms with van der Waals surface area (Å²) in [6, 6.07) is 7.46. The minimum atomic E-state index is -3.09. The number of sulfone groups is 1. The van der Waals surface area contributed by atoms with E-state index < -0.39 is 28.3 Å². The van der Waals surface area contributed by atoms with Gasteiger partial charge in [0.1, 0.15) is 0 Å². The van der Waals surface area contributed by atoms with Crippen molar-refractivity contribution in [2.45, 2.75) is 19.4 Å². The quantitative estimate of drug-likeness (QED) is 0.726. The van der Waals surface area contributed by atoms with Gasteiger partial charge in [0.15, 0.2) is 16.4 Å². The molecular formula is C16H18N2O5S. The first-order valence-corrected chi connectivity index (χ1v) is 9.35. The van der Waals surface area contributed by atoms with Gasteiger partial charge in [-0.05, 0) is 37.6 Å². The van der Waals surface area contributed by atoms with Crippen molar-refractivity contribution in [1.82, 2.24) is 4.90 Å². The van der Waals surface area contributed by atoms with Gasteiger partial charge in [-0.25, -0.2) is 13.2 Å². The van der Waals surface area contributed by atoms with Gasteiger partial charge < -0.3 is 9.64 Å². The second-order valence-electron chi connectivity index (χ2n) is 5.50. The Morgan fingerprint density at radius 2 is 2.00 bits per heavy atom. The van der Waals surface area contributed by atoms with Crippen LogP contribution in [-0.2, 0) is 19.4 Å². The fraction of sp³-hybridized carbons (Fsp3) is 0.438. The van der Waals surface area contributed by atoms with E-state index in [9.17, 15) is 18.0 Å². The molecule has 128 valence electrons. The maximum Gasteiger partial charge on any atom is 0.338 e. The van der Waals surface area contributed by atoms with Crippen LogP contribution in [-0.4, -0.2) is 55.9 Å². The van der Waals surface area contributed by atoms with Crippen LogP contribution >= 0.6 is 0 Å². The van der Waals surface area contributed by atoms with Crippen LogP contribution in [0.5, 0.6) is 0 Å². The zero-order valence-electron chi connectivity index (χ0n) is 13.3. The second kappa shape index (κ2) is 7.45. The highest BCUT2D eigenvalue weighted by Gasteiger charge is 2.34. The molecule has 1 aromatic carbocycles. The van der Waals surface area contributed by atoms with E-state index >= 15 is 0 Å². The zero-order valence-corrected chi connectivity index (χ0v) is 14.1. The Morgan fingerprint density at radius 3 is 2.50 bits per heavy atom. The molecular weight excluding hydrogens is 332 g/mol. The van der Waals surface area contributed by atoms with Crippen molar-refractivity contribution < 1.29 is 22.7 Å². The van der Waals surface area contributed by atoms with Gasteiger partial charge in [-0.1, -0.05) is 0 Å². The average Bonchev–Trinajstić information content (AvgIpc) is 2.93. The summed E-state index contributed by atoms with van der Waals surface area (Å²) in [5.41, 5.74) is 0.663. The predicted octanol–water partition coefficient (Wildman–Crippen LogP) is 0.751. The lowest BCUT2D eigenvalue weighted by atomic mass is 10.1. The Labute approximate surface area is 140 Å². The smallest absolute Gasteiger partial charge is 0.338 e. The Hall–Kier alpha value is -2.40. The molecule has 7 nitrogen and oxygen atoms in total. The molecule has 0 spiro atoms. The topological polar surface area (TPSA) is 105 Å². The van der Waals surface area contributed by atoms with E-state index in [1.807, 2.05) is 6.07 Å². The minimum Gasteiger partial charge on any atom is -0.452 e. The molecule has 1 fully saturated rings. The third-order valence-corrected chi connectivity index (χ3v) is 5.64. The highest BCUT2D eigenvalue weighted by molar-refractivity contribution is 7.91. The minimum absolute atomic E-state index is 0.0455. The van der Waals surface area contributed by atoms with Crippen LogP contribution in [0.1, 0.15) is 29.3 Å². The predicted molar refractivity (Wildman–Crippen MR) is 85.9 cm³/mol. The Kier molecular flexibility index (Phi) is 5.57. The molecule has 1 saturated heterocycles. The van der Waals surface area contributed by atoms with Crippen LogP contribution in [0.15, 0.2) is 24.3 Å². The number of hydrogen-bond donors (Lipinski definition) is 0. The molecule has 0 aliphatic carbocycles. The first kappa shape index (κ1) is 17.9. The lowest BCUT2D eigenvalue weighted by molar-refractivity contribution is -0.136. The number of likely N-dealkylation sites (N-methyl/N-ethyl adjacent to an activating group) is 1. The zero-order chi connectivity index (χ0) is 17.7. The number of nitriles is 1. The Bertz CT molecular complexity index is 765. The van der Waals surface area contributed by atoms with Crippen molar-refractivity contribution in [2.24, 2.45) is 0 Å². The number of hydrogen-bond acceptors (Lipinski definition) is 6. The maximum atomic E-state index is 12.2. The SMILES string of the molecule is CCN(C(=O)COC(=O)c1ccc(C#N)cc1)C1CCS(=O)(=O)C1. The van der Waals surface area contributed by atoms with Gasteiger partial charge in [-0.3, -0.25) is 4.79 Å². The number of carbonyl (C=O) groups excluding carboxylic acids is 2. The van der Waals surface area contributed by atoms with E-state index in [1.54, 1.807) is 6.92 Å². The van der Waals surface area contributed by atoms with Gasteiger partial charge in [0.25, 0.3) is 5.91 Å². The van der Waals surface area contributed by atoms with Gasteiger partial charge in [-0.15, -0.1) is 0 Å². The standard InChI is InChI=1S/C16H18N2O5S/c1-2-18(14-7-8-24(21,22)11-14)15(19)10-23-16(20)13-5-3-12(9-17)4-6-13/h3-6,14H,2,7-8,10-11H2,1H3. The summed E-state index contributed by atoms with van der Waals surface area (Å²) < 4.78 is 28.1. The van der Waals surface area contributed by atoms with Crippen LogP contribution in [0.4, 0.5) is 0 Å². The summed E-state index contributed by atoms with van der Waals surface area (Å²) >= 11 is 0. The van der Waals surface area contributed by atoms with Crippen molar-refractivity contribution >= 4 is 21.7 Å². The van der Waals surface area contributed by atoms with Crippen LogP contribution < -0.4 is 0 Å². The summed E-state index contributed by atoms with van der Waals surface area (Å²) in [5, 5.41) is 8.71. The van der Waals surface area contributed by atoms with Crippen LogP contribution in [0.25, 0.3) is 0 Å².